The van der Waals surface area contributed by atoms with E-state index in [-0.39, 0.29) is 34.7 Å². The van der Waals surface area contributed by atoms with Crippen LogP contribution in [0.2, 0.25) is 5.02 Å². The molecule has 0 fully saturated rings. The fourth-order valence-corrected chi connectivity index (χ4v) is 5.22. The Bertz CT molecular complexity index is 1350. The van der Waals surface area contributed by atoms with Crippen LogP contribution in [0.4, 0.5) is 5.69 Å². The highest BCUT2D eigenvalue weighted by atomic mass is 35.5. The predicted molar refractivity (Wildman–Crippen MR) is 125 cm³/mol. The Labute approximate surface area is 195 Å². The van der Waals surface area contributed by atoms with E-state index in [0.717, 1.165) is 0 Å². The molecule has 1 aromatic heterocycles. The number of ether oxygens (including phenoxy) is 1. The van der Waals surface area contributed by atoms with Crippen molar-refractivity contribution in [2.24, 2.45) is 0 Å². The Balaban J connectivity index is 1.82. The number of carbonyl (C=O) groups is 2. The van der Waals surface area contributed by atoms with Crippen LogP contribution in [0, 0.1) is 0 Å². The number of hydrogen-bond donors (Lipinski definition) is 0. The van der Waals surface area contributed by atoms with E-state index in [1.807, 2.05) is 38.1 Å². The molecule has 1 unspecified atom stereocenters. The van der Waals surface area contributed by atoms with E-state index in [0.29, 0.717) is 42.5 Å². The van der Waals surface area contributed by atoms with Crippen molar-refractivity contribution in [2.75, 3.05) is 31.2 Å². The van der Waals surface area contributed by atoms with Gasteiger partial charge in [0.25, 0.3) is 11.8 Å². The van der Waals surface area contributed by atoms with Crippen LogP contribution in [-0.2, 0) is 15.1 Å². The second-order valence-corrected chi connectivity index (χ2v) is 8.50. The van der Waals surface area contributed by atoms with Crippen molar-refractivity contribution in [2.45, 2.75) is 25.8 Å². The third kappa shape index (κ3) is 2.89. The largest absolute Gasteiger partial charge is 0.450 e. The summed E-state index contributed by atoms with van der Waals surface area (Å²) >= 11 is 6.16. The molecule has 2 aromatic carbocycles. The van der Waals surface area contributed by atoms with Crippen LogP contribution in [0.5, 0.6) is 0 Å². The van der Waals surface area contributed by atoms with Crippen LogP contribution >= 0.6 is 11.6 Å². The average molecular weight is 467 g/mol. The van der Waals surface area contributed by atoms with Gasteiger partial charge >= 0.3 is 0 Å². The monoisotopic (exact) mass is 466 g/mol. The number of fused-ring (bicyclic) bond motifs is 5. The highest BCUT2D eigenvalue weighted by molar-refractivity contribution is 6.31. The molecule has 1 spiro atoms. The molecule has 170 valence electrons. The summed E-state index contributed by atoms with van der Waals surface area (Å²) < 4.78 is 11.4. The van der Waals surface area contributed by atoms with Gasteiger partial charge in [0, 0.05) is 36.9 Å². The minimum Gasteiger partial charge on any atom is -0.450 e. The molecule has 0 saturated heterocycles. The Hall–Kier alpha value is -3.16. The lowest BCUT2D eigenvalue weighted by molar-refractivity contribution is -0.126. The van der Waals surface area contributed by atoms with Crippen LogP contribution in [0.25, 0.3) is 11.0 Å². The number of carbonyl (C=O) groups excluding carboxylic acids is 2. The second-order valence-electron chi connectivity index (χ2n) is 8.06. The Kier molecular flexibility index (Phi) is 5.26. The lowest BCUT2D eigenvalue weighted by Crippen LogP contribution is -2.53. The van der Waals surface area contributed by atoms with Crippen molar-refractivity contribution in [3.63, 3.8) is 0 Å². The maximum absolute atomic E-state index is 14.1. The van der Waals surface area contributed by atoms with Gasteiger partial charge in [0.05, 0.1) is 16.6 Å². The second kappa shape index (κ2) is 8.01. The molecular weight excluding hydrogens is 444 g/mol. The first kappa shape index (κ1) is 21.7. The summed E-state index contributed by atoms with van der Waals surface area (Å²) in [5.41, 5.74) is -0.390. The van der Waals surface area contributed by atoms with Crippen molar-refractivity contribution in [3.05, 3.63) is 74.6 Å². The smallest absolute Gasteiger partial charge is 0.291 e. The first-order valence-electron chi connectivity index (χ1n) is 11.0. The summed E-state index contributed by atoms with van der Waals surface area (Å²) in [5.74, 6) is -0.896. The molecule has 0 bridgehead atoms. The summed E-state index contributed by atoms with van der Waals surface area (Å²) in [6, 6.07) is 12.0. The zero-order chi connectivity index (χ0) is 23.3. The Morgan fingerprint density at radius 1 is 1.09 bits per heavy atom. The molecule has 2 amide bonds. The Morgan fingerprint density at radius 3 is 2.64 bits per heavy atom. The summed E-state index contributed by atoms with van der Waals surface area (Å²) in [6.45, 7) is 5.38. The number of hydrogen-bond acceptors (Lipinski definition) is 5. The van der Waals surface area contributed by atoms with E-state index >= 15 is 0 Å². The van der Waals surface area contributed by atoms with Gasteiger partial charge in [-0.15, -0.1) is 0 Å². The van der Waals surface area contributed by atoms with Gasteiger partial charge < -0.3 is 19.0 Å². The molecule has 5 rings (SSSR count). The minimum atomic E-state index is -1.58. The number of anilines is 1. The lowest BCUT2D eigenvalue weighted by atomic mass is 9.84. The van der Waals surface area contributed by atoms with Gasteiger partial charge in [-0.2, -0.15) is 0 Å². The molecule has 33 heavy (non-hydrogen) atoms. The summed E-state index contributed by atoms with van der Waals surface area (Å²) in [5, 5.41) is 0.611. The predicted octanol–water partition coefficient (Wildman–Crippen LogP) is 3.94. The summed E-state index contributed by atoms with van der Waals surface area (Å²) in [6.07, 6.45) is 0.510. The molecule has 8 heteroatoms. The van der Waals surface area contributed by atoms with Gasteiger partial charge in [0.2, 0.25) is 5.76 Å². The molecule has 3 aromatic rings. The van der Waals surface area contributed by atoms with Crippen molar-refractivity contribution < 1.29 is 18.7 Å². The van der Waals surface area contributed by atoms with Crippen molar-refractivity contribution in [1.82, 2.24) is 4.90 Å². The number of halogens is 1. The van der Waals surface area contributed by atoms with Crippen LogP contribution in [0.15, 0.2) is 51.7 Å². The zero-order valence-corrected chi connectivity index (χ0v) is 19.1. The maximum Gasteiger partial charge on any atom is 0.291 e. The van der Waals surface area contributed by atoms with Gasteiger partial charge in [-0.05, 0) is 44.5 Å². The van der Waals surface area contributed by atoms with Crippen molar-refractivity contribution in [1.29, 1.82) is 0 Å². The molecule has 7 nitrogen and oxygen atoms in total. The van der Waals surface area contributed by atoms with E-state index in [1.165, 1.54) is 11.0 Å². The SMILES string of the molecule is CCOCCCN1C(=O)c2oc3ccc(Cl)cc3c(=O)c2C12C(=O)N(CC)c1ccccc12. The highest BCUT2D eigenvalue weighted by Crippen LogP contribution is 2.52. The van der Waals surface area contributed by atoms with E-state index in [2.05, 4.69) is 0 Å². The number of amides is 2. The topological polar surface area (TPSA) is 80.1 Å². The molecule has 3 heterocycles. The van der Waals surface area contributed by atoms with Crippen molar-refractivity contribution >= 4 is 40.1 Å². The molecular formula is C25H23ClN2O5. The minimum absolute atomic E-state index is 0.0621. The highest BCUT2D eigenvalue weighted by Gasteiger charge is 2.64. The number of benzene rings is 2. The van der Waals surface area contributed by atoms with Gasteiger partial charge in [-0.1, -0.05) is 29.8 Å². The number of nitrogens with zero attached hydrogens (tertiary/aromatic N) is 2. The third-order valence-electron chi connectivity index (χ3n) is 6.39. The Morgan fingerprint density at radius 2 is 1.88 bits per heavy atom. The normalized spacial score (nSPS) is 19.1. The maximum atomic E-state index is 14.1. The summed E-state index contributed by atoms with van der Waals surface area (Å²) in [4.78, 5) is 44.7. The third-order valence-corrected chi connectivity index (χ3v) is 6.62. The molecule has 2 aliphatic rings. The first-order chi connectivity index (χ1) is 16.0. The average Bonchev–Trinajstić information content (AvgIpc) is 3.21. The standard InChI is InChI=1S/C25H23ClN2O5/c1-3-27-18-9-6-5-8-17(18)25(24(27)31)20-21(29)16-14-15(26)10-11-19(16)33-22(20)23(30)28(25)12-7-13-32-4-2/h5-6,8-11,14H,3-4,7,12-13H2,1-2H3. The lowest BCUT2D eigenvalue weighted by Gasteiger charge is -2.34. The number of para-hydroxylation sites is 1. The fourth-order valence-electron chi connectivity index (χ4n) is 5.05. The number of likely N-dealkylation sites (N-methyl/N-ethyl adjacent to an activating group) is 1. The summed E-state index contributed by atoms with van der Waals surface area (Å²) in [7, 11) is 0. The van der Waals surface area contributed by atoms with Crippen LogP contribution in [0.3, 0.4) is 0 Å². The fraction of sp³-hybridized carbons (Fsp3) is 0.320. The number of rotatable bonds is 6. The zero-order valence-electron chi connectivity index (χ0n) is 18.4. The van der Waals surface area contributed by atoms with Crippen LogP contribution in [0.1, 0.15) is 41.9 Å². The molecule has 0 aliphatic carbocycles. The van der Waals surface area contributed by atoms with E-state index in [9.17, 15) is 14.4 Å². The first-order valence-corrected chi connectivity index (χ1v) is 11.4. The van der Waals surface area contributed by atoms with Gasteiger partial charge in [0.1, 0.15) is 5.58 Å². The molecule has 0 saturated carbocycles. The van der Waals surface area contributed by atoms with Crippen LogP contribution in [-0.4, -0.2) is 43.0 Å². The van der Waals surface area contributed by atoms with Gasteiger partial charge in [-0.3, -0.25) is 14.4 Å². The molecule has 2 aliphatic heterocycles. The molecule has 0 N–H and O–H groups in total. The van der Waals surface area contributed by atoms with Crippen molar-refractivity contribution in [3.8, 4) is 0 Å². The molecule has 1 atom stereocenters. The van der Waals surface area contributed by atoms with E-state index < -0.39 is 16.9 Å². The van der Waals surface area contributed by atoms with E-state index in [1.54, 1.807) is 17.0 Å². The molecule has 0 radical (unpaired) electrons. The quantitative estimate of drug-likeness (QED) is 0.514. The van der Waals surface area contributed by atoms with Gasteiger partial charge in [-0.25, -0.2) is 0 Å². The van der Waals surface area contributed by atoms with E-state index in [4.69, 9.17) is 20.8 Å². The van der Waals surface area contributed by atoms with Crippen LogP contribution < -0.4 is 10.3 Å². The van der Waals surface area contributed by atoms with Gasteiger partial charge in [0.15, 0.2) is 11.0 Å².